The number of rotatable bonds is 7. The van der Waals surface area contributed by atoms with Crippen molar-refractivity contribution in [1.29, 1.82) is 0 Å². The molecule has 0 saturated heterocycles. The second-order valence-corrected chi connectivity index (χ2v) is 6.28. The van der Waals surface area contributed by atoms with Gasteiger partial charge in [-0.05, 0) is 31.5 Å². The van der Waals surface area contributed by atoms with Gasteiger partial charge in [0, 0.05) is 6.20 Å². The zero-order chi connectivity index (χ0) is 20.3. The summed E-state index contributed by atoms with van der Waals surface area (Å²) < 4.78 is 8.18. The lowest BCUT2D eigenvalue weighted by Gasteiger charge is -2.11. The number of hydrogen-bond acceptors (Lipinski definition) is 6. The lowest BCUT2D eigenvalue weighted by Crippen LogP contribution is -2.24. The predicted octanol–water partition coefficient (Wildman–Crippen LogP) is 2.55. The SMILES string of the molecule is COc1cccc(Cn2cc(NC(=O)C(C)n3cc([N+](=O)[O-])c(C)n3)cn2)c1. The maximum atomic E-state index is 12.5. The highest BCUT2D eigenvalue weighted by Gasteiger charge is 2.22. The molecule has 0 radical (unpaired) electrons. The molecule has 1 aromatic carbocycles. The Balaban J connectivity index is 1.66. The van der Waals surface area contributed by atoms with Crippen LogP contribution in [0, 0.1) is 17.0 Å². The molecule has 0 spiro atoms. The molecule has 2 heterocycles. The van der Waals surface area contributed by atoms with Gasteiger partial charge >= 0.3 is 5.69 Å². The molecule has 3 rings (SSSR count). The van der Waals surface area contributed by atoms with Gasteiger partial charge in [0.2, 0.25) is 5.91 Å². The molecule has 0 aliphatic carbocycles. The molecule has 2 aromatic heterocycles. The molecule has 146 valence electrons. The van der Waals surface area contributed by atoms with Crippen molar-refractivity contribution in [3.63, 3.8) is 0 Å². The molecule has 0 aliphatic heterocycles. The van der Waals surface area contributed by atoms with Crippen LogP contribution < -0.4 is 10.1 Å². The summed E-state index contributed by atoms with van der Waals surface area (Å²) in [6.07, 6.45) is 4.51. The number of aromatic nitrogens is 4. The molecule has 1 unspecified atom stereocenters. The van der Waals surface area contributed by atoms with Crippen molar-refractivity contribution in [2.45, 2.75) is 26.4 Å². The van der Waals surface area contributed by atoms with Gasteiger partial charge in [0.05, 0.1) is 30.5 Å². The summed E-state index contributed by atoms with van der Waals surface area (Å²) in [6.45, 7) is 3.67. The highest BCUT2D eigenvalue weighted by molar-refractivity contribution is 5.93. The van der Waals surface area contributed by atoms with E-state index in [2.05, 4.69) is 15.5 Å². The van der Waals surface area contributed by atoms with Crippen LogP contribution in [-0.4, -0.2) is 37.5 Å². The molecule has 0 fully saturated rings. The second-order valence-electron chi connectivity index (χ2n) is 6.28. The quantitative estimate of drug-likeness (QED) is 0.494. The lowest BCUT2D eigenvalue weighted by atomic mass is 10.2. The average Bonchev–Trinajstić information content (AvgIpc) is 3.27. The largest absolute Gasteiger partial charge is 0.497 e. The minimum Gasteiger partial charge on any atom is -0.497 e. The molecule has 28 heavy (non-hydrogen) atoms. The van der Waals surface area contributed by atoms with E-state index in [4.69, 9.17) is 4.74 Å². The highest BCUT2D eigenvalue weighted by atomic mass is 16.6. The first kappa shape index (κ1) is 19.1. The van der Waals surface area contributed by atoms with Gasteiger partial charge in [-0.2, -0.15) is 10.2 Å². The van der Waals surface area contributed by atoms with Gasteiger partial charge in [-0.3, -0.25) is 24.3 Å². The molecule has 3 aromatic rings. The fourth-order valence-corrected chi connectivity index (χ4v) is 2.69. The molecule has 0 aliphatic rings. The highest BCUT2D eigenvalue weighted by Crippen LogP contribution is 2.19. The minimum atomic E-state index is -0.714. The van der Waals surface area contributed by atoms with Crippen molar-refractivity contribution in [3.05, 3.63) is 64.2 Å². The van der Waals surface area contributed by atoms with E-state index in [1.165, 1.54) is 17.8 Å². The van der Waals surface area contributed by atoms with Crippen LogP contribution in [0.3, 0.4) is 0 Å². The van der Waals surface area contributed by atoms with E-state index in [0.29, 0.717) is 12.2 Å². The summed E-state index contributed by atoms with van der Waals surface area (Å²) in [5.74, 6) is 0.411. The fraction of sp³-hybridized carbons (Fsp3) is 0.278. The summed E-state index contributed by atoms with van der Waals surface area (Å²) >= 11 is 0. The number of carbonyl (C=O) groups excluding carboxylic acids is 1. The zero-order valence-electron chi connectivity index (χ0n) is 15.7. The van der Waals surface area contributed by atoms with Crippen molar-refractivity contribution in [2.75, 3.05) is 12.4 Å². The van der Waals surface area contributed by atoms with E-state index in [0.717, 1.165) is 11.3 Å². The van der Waals surface area contributed by atoms with E-state index >= 15 is 0 Å². The molecular formula is C18H20N6O4. The van der Waals surface area contributed by atoms with Gasteiger partial charge < -0.3 is 10.1 Å². The van der Waals surface area contributed by atoms with Crippen LogP contribution in [0.2, 0.25) is 0 Å². The maximum Gasteiger partial charge on any atom is 0.309 e. The second kappa shape index (κ2) is 7.91. The van der Waals surface area contributed by atoms with Crippen LogP contribution >= 0.6 is 0 Å². The van der Waals surface area contributed by atoms with E-state index < -0.39 is 11.0 Å². The van der Waals surface area contributed by atoms with Crippen LogP contribution in [0.4, 0.5) is 11.4 Å². The van der Waals surface area contributed by atoms with Gasteiger partial charge in [0.1, 0.15) is 23.7 Å². The summed E-state index contributed by atoms with van der Waals surface area (Å²) in [6, 6.07) is 6.91. The Morgan fingerprint density at radius 2 is 2.18 bits per heavy atom. The first-order valence-corrected chi connectivity index (χ1v) is 8.53. The van der Waals surface area contributed by atoms with E-state index in [1.54, 1.807) is 31.1 Å². The van der Waals surface area contributed by atoms with Crippen LogP contribution in [0.5, 0.6) is 5.75 Å². The Labute approximate surface area is 160 Å². The number of ether oxygens (including phenoxy) is 1. The smallest absolute Gasteiger partial charge is 0.309 e. The van der Waals surface area contributed by atoms with Crippen LogP contribution in [0.15, 0.2) is 42.9 Å². The molecule has 1 amide bonds. The Morgan fingerprint density at radius 1 is 1.39 bits per heavy atom. The summed E-state index contributed by atoms with van der Waals surface area (Å²) in [7, 11) is 1.61. The van der Waals surface area contributed by atoms with Gasteiger partial charge in [-0.1, -0.05) is 12.1 Å². The molecule has 1 atom stereocenters. The van der Waals surface area contributed by atoms with Gasteiger partial charge in [0.15, 0.2) is 0 Å². The molecule has 1 N–H and O–H groups in total. The van der Waals surface area contributed by atoms with E-state index in [-0.39, 0.29) is 17.3 Å². The topological polar surface area (TPSA) is 117 Å². The summed E-state index contributed by atoms with van der Waals surface area (Å²) in [4.78, 5) is 22.9. The Morgan fingerprint density at radius 3 is 2.86 bits per heavy atom. The Kier molecular flexibility index (Phi) is 5.39. The predicted molar refractivity (Wildman–Crippen MR) is 101 cm³/mol. The third kappa shape index (κ3) is 4.17. The molecule has 0 bridgehead atoms. The molecule has 0 saturated carbocycles. The number of nitrogens with zero attached hydrogens (tertiary/aromatic N) is 5. The monoisotopic (exact) mass is 384 g/mol. The van der Waals surface area contributed by atoms with Crippen LogP contribution in [0.25, 0.3) is 0 Å². The number of carbonyl (C=O) groups is 1. The number of amides is 1. The molecule has 10 nitrogen and oxygen atoms in total. The van der Waals surface area contributed by atoms with Crippen LogP contribution in [0.1, 0.15) is 24.2 Å². The van der Waals surface area contributed by atoms with Crippen molar-refractivity contribution in [1.82, 2.24) is 19.6 Å². The van der Waals surface area contributed by atoms with E-state index in [9.17, 15) is 14.9 Å². The van der Waals surface area contributed by atoms with Crippen molar-refractivity contribution >= 4 is 17.3 Å². The first-order chi connectivity index (χ1) is 13.4. The Hall–Kier alpha value is -3.69. The zero-order valence-corrected chi connectivity index (χ0v) is 15.7. The first-order valence-electron chi connectivity index (χ1n) is 8.53. The number of benzene rings is 1. The molecular weight excluding hydrogens is 364 g/mol. The van der Waals surface area contributed by atoms with Gasteiger partial charge in [0.25, 0.3) is 0 Å². The standard InChI is InChI=1S/C18H20N6O4/c1-12-17(24(26)27)11-23(21-12)13(2)18(25)20-15-8-19-22(10-15)9-14-5-4-6-16(7-14)28-3/h4-8,10-11,13H,9H2,1-3H3,(H,20,25). The number of nitro groups is 1. The van der Waals surface area contributed by atoms with E-state index in [1.807, 2.05) is 24.3 Å². The van der Waals surface area contributed by atoms with Gasteiger partial charge in [-0.25, -0.2) is 0 Å². The normalized spacial score (nSPS) is 11.8. The maximum absolute atomic E-state index is 12.5. The fourth-order valence-electron chi connectivity index (χ4n) is 2.69. The number of hydrogen-bond donors (Lipinski definition) is 1. The summed E-state index contributed by atoms with van der Waals surface area (Å²) in [5.41, 5.74) is 1.67. The van der Waals surface area contributed by atoms with Crippen LogP contribution in [-0.2, 0) is 11.3 Å². The van der Waals surface area contributed by atoms with Crippen molar-refractivity contribution < 1.29 is 14.5 Å². The number of aryl methyl sites for hydroxylation is 1. The summed E-state index contributed by atoms with van der Waals surface area (Å²) in [5, 5.41) is 22.0. The minimum absolute atomic E-state index is 0.120. The number of nitrogens with one attached hydrogen (secondary N) is 1. The number of methoxy groups -OCH3 is 1. The lowest BCUT2D eigenvalue weighted by molar-refractivity contribution is -0.385. The third-order valence-corrected chi connectivity index (χ3v) is 4.24. The molecule has 10 heteroatoms. The number of anilines is 1. The van der Waals surface area contributed by atoms with Crippen molar-refractivity contribution in [2.24, 2.45) is 0 Å². The Bertz CT molecular complexity index is 1010. The average molecular weight is 384 g/mol. The van der Waals surface area contributed by atoms with Crippen molar-refractivity contribution in [3.8, 4) is 5.75 Å². The van der Waals surface area contributed by atoms with Gasteiger partial charge in [-0.15, -0.1) is 0 Å². The third-order valence-electron chi connectivity index (χ3n) is 4.24.